The normalized spacial score (nSPS) is 12.5. The van der Waals surface area contributed by atoms with Gasteiger partial charge in [0, 0.05) is 19.3 Å². The molecule has 0 aromatic rings. The van der Waals surface area contributed by atoms with Crippen LogP contribution in [0.5, 0.6) is 0 Å². The number of carbonyl (C=O) groups excluding carboxylic acids is 3. The Kier molecular flexibility index (Phi) is 60.7. The zero-order valence-electron chi connectivity index (χ0n) is 49.8. The van der Waals surface area contributed by atoms with Crippen molar-refractivity contribution in [2.45, 2.75) is 335 Å². The molecule has 0 rings (SSSR count). The van der Waals surface area contributed by atoms with Crippen molar-refractivity contribution < 1.29 is 28.6 Å². The largest absolute Gasteiger partial charge is 0.462 e. The van der Waals surface area contributed by atoms with Crippen LogP contribution in [0.2, 0.25) is 0 Å². The predicted molar refractivity (Wildman–Crippen MR) is 325 cm³/mol. The average molecular weight is 1050 g/mol. The molecule has 434 valence electrons. The van der Waals surface area contributed by atoms with E-state index < -0.39 is 6.10 Å². The molecule has 0 saturated heterocycles. The maximum absolute atomic E-state index is 12.8. The van der Waals surface area contributed by atoms with Crippen LogP contribution in [0.1, 0.15) is 329 Å². The van der Waals surface area contributed by atoms with Crippen LogP contribution in [-0.2, 0) is 28.6 Å². The maximum Gasteiger partial charge on any atom is 0.306 e. The molecular formula is C69H122O6. The van der Waals surface area contributed by atoms with Crippen molar-refractivity contribution in [3.8, 4) is 0 Å². The first-order valence-corrected chi connectivity index (χ1v) is 32.4. The van der Waals surface area contributed by atoms with Crippen LogP contribution in [0.3, 0.4) is 0 Å². The van der Waals surface area contributed by atoms with Gasteiger partial charge in [-0.05, 0) is 89.9 Å². The van der Waals surface area contributed by atoms with Gasteiger partial charge in [-0.15, -0.1) is 0 Å². The fourth-order valence-electron chi connectivity index (χ4n) is 9.35. The molecule has 0 aromatic heterocycles. The van der Waals surface area contributed by atoms with E-state index >= 15 is 0 Å². The first-order chi connectivity index (χ1) is 37.0. The third kappa shape index (κ3) is 61.6. The Morgan fingerprint density at radius 2 is 0.520 bits per heavy atom. The minimum absolute atomic E-state index is 0.0728. The molecule has 0 aliphatic heterocycles. The van der Waals surface area contributed by atoms with E-state index in [-0.39, 0.29) is 31.1 Å². The molecule has 0 spiro atoms. The summed E-state index contributed by atoms with van der Waals surface area (Å²) in [6, 6.07) is 0. The maximum atomic E-state index is 12.8. The van der Waals surface area contributed by atoms with Crippen molar-refractivity contribution in [3.05, 3.63) is 72.9 Å². The van der Waals surface area contributed by atoms with E-state index in [1.807, 2.05) is 0 Å². The lowest BCUT2D eigenvalue weighted by Crippen LogP contribution is -2.30. The van der Waals surface area contributed by atoms with Crippen LogP contribution >= 0.6 is 0 Å². The summed E-state index contributed by atoms with van der Waals surface area (Å²) in [5.74, 6) is -0.869. The Labute approximate surface area is 465 Å². The number of carbonyl (C=O) groups is 3. The van der Waals surface area contributed by atoms with E-state index in [2.05, 4.69) is 93.7 Å². The van der Waals surface area contributed by atoms with Gasteiger partial charge in [-0.25, -0.2) is 0 Å². The Bertz CT molecular complexity index is 1390. The highest BCUT2D eigenvalue weighted by Crippen LogP contribution is 2.17. The van der Waals surface area contributed by atoms with Crippen molar-refractivity contribution in [3.63, 3.8) is 0 Å². The van der Waals surface area contributed by atoms with Crippen molar-refractivity contribution in [1.82, 2.24) is 0 Å². The summed E-state index contributed by atoms with van der Waals surface area (Å²) in [6.07, 6.45) is 82.3. The van der Waals surface area contributed by atoms with E-state index in [4.69, 9.17) is 14.2 Å². The second-order valence-electron chi connectivity index (χ2n) is 21.6. The molecule has 1 unspecified atom stereocenters. The summed E-state index contributed by atoms with van der Waals surface area (Å²) in [5, 5.41) is 0. The molecule has 0 aliphatic carbocycles. The zero-order chi connectivity index (χ0) is 54.3. The van der Waals surface area contributed by atoms with Gasteiger partial charge in [-0.1, -0.05) is 293 Å². The summed E-state index contributed by atoms with van der Waals surface area (Å²) in [5.41, 5.74) is 0. The smallest absolute Gasteiger partial charge is 0.306 e. The van der Waals surface area contributed by atoms with Crippen LogP contribution in [0, 0.1) is 0 Å². The molecule has 0 radical (unpaired) electrons. The average Bonchev–Trinajstić information content (AvgIpc) is 3.41. The van der Waals surface area contributed by atoms with Crippen molar-refractivity contribution in [2.24, 2.45) is 0 Å². The highest BCUT2D eigenvalue weighted by Gasteiger charge is 2.19. The summed E-state index contributed by atoms with van der Waals surface area (Å²) in [6.45, 7) is 6.51. The minimum atomic E-state index is -0.773. The summed E-state index contributed by atoms with van der Waals surface area (Å²) in [7, 11) is 0. The Morgan fingerprint density at radius 1 is 0.280 bits per heavy atom. The molecule has 75 heavy (non-hydrogen) atoms. The predicted octanol–water partition coefficient (Wildman–Crippen LogP) is 22.1. The molecule has 0 amide bonds. The van der Waals surface area contributed by atoms with Gasteiger partial charge in [-0.3, -0.25) is 14.4 Å². The number of unbranched alkanes of at least 4 members (excludes halogenated alkanes) is 36. The minimum Gasteiger partial charge on any atom is -0.462 e. The SMILES string of the molecule is CC/C=C\C/C=C\C/C=C\C/C=C\C/C=C\CCCCCCCCCCCCCCCCCCCCCC(=O)OCC(COC(=O)CCCCCCCCCCCC)OC(=O)CCCCCCC/C=C\CCCCC. The lowest BCUT2D eigenvalue weighted by molar-refractivity contribution is -0.167. The molecule has 0 aliphatic rings. The molecule has 0 saturated carbocycles. The van der Waals surface area contributed by atoms with Gasteiger partial charge >= 0.3 is 17.9 Å². The van der Waals surface area contributed by atoms with Gasteiger partial charge in [-0.2, -0.15) is 0 Å². The van der Waals surface area contributed by atoms with E-state index in [0.717, 1.165) is 96.3 Å². The summed E-state index contributed by atoms with van der Waals surface area (Å²) in [4.78, 5) is 38.1. The number of allylic oxidation sites excluding steroid dienone is 12. The monoisotopic (exact) mass is 1050 g/mol. The van der Waals surface area contributed by atoms with Crippen LogP contribution in [0.4, 0.5) is 0 Å². The fraction of sp³-hybridized carbons (Fsp3) is 0.783. The van der Waals surface area contributed by atoms with Crippen molar-refractivity contribution in [2.75, 3.05) is 13.2 Å². The second-order valence-corrected chi connectivity index (χ2v) is 21.6. The van der Waals surface area contributed by atoms with E-state index in [1.165, 1.54) is 193 Å². The summed E-state index contributed by atoms with van der Waals surface area (Å²) >= 11 is 0. The molecule has 6 heteroatoms. The van der Waals surface area contributed by atoms with Gasteiger partial charge in [0.05, 0.1) is 0 Å². The number of ether oxygens (including phenoxy) is 3. The number of hydrogen-bond acceptors (Lipinski definition) is 6. The molecule has 0 fully saturated rings. The van der Waals surface area contributed by atoms with E-state index in [0.29, 0.717) is 19.3 Å². The molecular weight excluding hydrogens is 925 g/mol. The second kappa shape index (κ2) is 63.4. The van der Waals surface area contributed by atoms with Gasteiger partial charge in [0.15, 0.2) is 6.10 Å². The standard InChI is InChI=1S/C69H122O6/c1-4-7-10-13-16-19-22-24-25-26-27-28-29-30-31-32-33-34-35-36-37-38-39-40-41-42-43-44-45-46-48-50-53-56-59-62-68(71)74-65-66(64-73-67(70)61-58-55-52-49-21-18-15-12-9-6-3)75-69(72)63-60-57-54-51-47-23-20-17-14-11-8-5-2/h7,10,16-17,19-20,24-25,27-28,30-31,66H,4-6,8-9,11-15,18,21-23,26,29,32-65H2,1-3H3/b10-7-,19-16-,20-17-,25-24-,28-27-,31-30-. The number of esters is 3. The van der Waals surface area contributed by atoms with Gasteiger partial charge in [0.2, 0.25) is 0 Å². The lowest BCUT2D eigenvalue weighted by Gasteiger charge is -2.18. The molecule has 6 nitrogen and oxygen atoms in total. The third-order valence-corrected chi connectivity index (χ3v) is 14.2. The number of hydrogen-bond donors (Lipinski definition) is 0. The first-order valence-electron chi connectivity index (χ1n) is 32.4. The molecule has 1 atom stereocenters. The van der Waals surface area contributed by atoms with Gasteiger partial charge < -0.3 is 14.2 Å². The highest BCUT2D eigenvalue weighted by atomic mass is 16.6. The molecule has 0 aromatic carbocycles. The lowest BCUT2D eigenvalue weighted by atomic mass is 10.0. The van der Waals surface area contributed by atoms with Crippen molar-refractivity contribution >= 4 is 17.9 Å². The Morgan fingerprint density at radius 3 is 0.853 bits per heavy atom. The van der Waals surface area contributed by atoms with Crippen LogP contribution in [0.15, 0.2) is 72.9 Å². The summed E-state index contributed by atoms with van der Waals surface area (Å²) < 4.78 is 16.8. The fourth-order valence-corrected chi connectivity index (χ4v) is 9.35. The zero-order valence-corrected chi connectivity index (χ0v) is 49.8. The van der Waals surface area contributed by atoms with Crippen LogP contribution in [-0.4, -0.2) is 37.2 Å². The first kappa shape index (κ1) is 71.8. The Balaban J connectivity index is 3.99. The van der Waals surface area contributed by atoms with E-state index in [1.54, 1.807) is 0 Å². The Hall–Kier alpha value is -3.15. The van der Waals surface area contributed by atoms with Crippen molar-refractivity contribution in [1.29, 1.82) is 0 Å². The highest BCUT2D eigenvalue weighted by molar-refractivity contribution is 5.71. The van der Waals surface area contributed by atoms with Crippen LogP contribution < -0.4 is 0 Å². The quantitative estimate of drug-likeness (QED) is 0.0261. The third-order valence-electron chi connectivity index (χ3n) is 14.2. The van der Waals surface area contributed by atoms with E-state index in [9.17, 15) is 14.4 Å². The number of rotatable bonds is 59. The topological polar surface area (TPSA) is 78.9 Å². The molecule has 0 N–H and O–H groups in total. The van der Waals surface area contributed by atoms with Gasteiger partial charge in [0.1, 0.15) is 13.2 Å². The molecule has 0 bridgehead atoms. The van der Waals surface area contributed by atoms with Crippen LogP contribution in [0.25, 0.3) is 0 Å². The molecule has 0 heterocycles. The van der Waals surface area contributed by atoms with Gasteiger partial charge in [0.25, 0.3) is 0 Å².